The van der Waals surface area contributed by atoms with Crippen molar-refractivity contribution < 1.29 is 4.79 Å². The number of anilines is 1. The molecule has 3 N–H and O–H groups in total. The molecule has 0 radical (unpaired) electrons. The normalized spacial score (nSPS) is 17.7. The molecule has 86 valence electrons. The van der Waals surface area contributed by atoms with Crippen LogP contribution in [0.2, 0.25) is 5.02 Å². The number of hydrogen-bond acceptors (Lipinski definition) is 2. The lowest BCUT2D eigenvalue weighted by atomic mass is 9.77. The van der Waals surface area contributed by atoms with Gasteiger partial charge in [-0.05, 0) is 60.1 Å². The summed E-state index contributed by atoms with van der Waals surface area (Å²) in [5, 5.41) is 3.51. The molecule has 0 aliphatic heterocycles. The third kappa shape index (κ3) is 2.33. The van der Waals surface area contributed by atoms with Crippen LogP contribution in [0, 0.1) is 3.57 Å². The second-order valence-corrected chi connectivity index (χ2v) is 5.69. The summed E-state index contributed by atoms with van der Waals surface area (Å²) in [7, 11) is 0. The molecule has 1 aromatic carbocycles. The molecule has 0 bridgehead atoms. The van der Waals surface area contributed by atoms with Crippen molar-refractivity contribution in [2.45, 2.75) is 24.8 Å². The van der Waals surface area contributed by atoms with Gasteiger partial charge in [-0.1, -0.05) is 11.6 Å². The van der Waals surface area contributed by atoms with E-state index in [-0.39, 0.29) is 5.91 Å². The van der Waals surface area contributed by atoms with Gasteiger partial charge in [-0.3, -0.25) is 4.79 Å². The first-order chi connectivity index (χ1) is 7.51. The SMILES string of the molecule is NC1(C(=O)Nc2ccc(Cl)cc2I)CCC1. The molecule has 0 unspecified atom stereocenters. The second kappa shape index (κ2) is 4.50. The van der Waals surface area contributed by atoms with E-state index in [0.717, 1.165) is 28.5 Å². The predicted molar refractivity (Wildman–Crippen MR) is 73.6 cm³/mol. The summed E-state index contributed by atoms with van der Waals surface area (Å²) in [6.45, 7) is 0. The third-order valence-electron chi connectivity index (χ3n) is 2.88. The van der Waals surface area contributed by atoms with Crippen molar-refractivity contribution in [3.8, 4) is 0 Å². The number of nitrogens with one attached hydrogen (secondary N) is 1. The lowest BCUT2D eigenvalue weighted by Gasteiger charge is -2.36. The van der Waals surface area contributed by atoms with Gasteiger partial charge >= 0.3 is 0 Å². The van der Waals surface area contributed by atoms with Crippen LogP contribution in [-0.2, 0) is 4.79 Å². The molecule has 1 fully saturated rings. The Kier molecular flexibility index (Phi) is 3.42. The maximum Gasteiger partial charge on any atom is 0.244 e. The predicted octanol–water partition coefficient (Wildman–Crippen LogP) is 2.76. The van der Waals surface area contributed by atoms with E-state index < -0.39 is 5.54 Å². The topological polar surface area (TPSA) is 55.1 Å². The molecule has 0 spiro atoms. The Morgan fingerprint density at radius 3 is 2.69 bits per heavy atom. The van der Waals surface area contributed by atoms with Crippen molar-refractivity contribution >= 4 is 45.8 Å². The third-order valence-corrected chi connectivity index (χ3v) is 4.00. The van der Waals surface area contributed by atoms with E-state index in [9.17, 15) is 4.79 Å². The van der Waals surface area contributed by atoms with E-state index in [4.69, 9.17) is 17.3 Å². The molecule has 1 aromatic rings. The highest BCUT2D eigenvalue weighted by Gasteiger charge is 2.40. The van der Waals surface area contributed by atoms with Gasteiger partial charge in [0.2, 0.25) is 5.91 Å². The largest absolute Gasteiger partial charge is 0.324 e. The minimum absolute atomic E-state index is 0.0982. The molecular formula is C11H12ClIN2O. The number of carbonyl (C=O) groups excluding carboxylic acids is 1. The summed E-state index contributed by atoms with van der Waals surface area (Å²) in [6.07, 6.45) is 2.56. The number of benzene rings is 1. The zero-order valence-electron chi connectivity index (χ0n) is 8.59. The molecule has 1 aliphatic rings. The lowest BCUT2D eigenvalue weighted by molar-refractivity contribution is -0.123. The first-order valence-electron chi connectivity index (χ1n) is 5.07. The molecular weight excluding hydrogens is 338 g/mol. The smallest absolute Gasteiger partial charge is 0.244 e. The van der Waals surface area contributed by atoms with Crippen LogP contribution in [0.25, 0.3) is 0 Å². The molecule has 5 heteroatoms. The van der Waals surface area contributed by atoms with Gasteiger partial charge in [0.15, 0.2) is 0 Å². The lowest BCUT2D eigenvalue weighted by Crippen LogP contribution is -2.56. The zero-order valence-corrected chi connectivity index (χ0v) is 11.5. The van der Waals surface area contributed by atoms with Gasteiger partial charge in [-0.2, -0.15) is 0 Å². The van der Waals surface area contributed by atoms with Crippen LogP contribution >= 0.6 is 34.2 Å². The molecule has 0 aromatic heterocycles. The first kappa shape index (κ1) is 12.1. The van der Waals surface area contributed by atoms with Crippen LogP contribution in [-0.4, -0.2) is 11.4 Å². The Bertz CT molecular complexity index is 432. The molecule has 0 heterocycles. The van der Waals surface area contributed by atoms with Crippen LogP contribution in [0.4, 0.5) is 5.69 Å². The van der Waals surface area contributed by atoms with Gasteiger partial charge < -0.3 is 11.1 Å². The molecule has 16 heavy (non-hydrogen) atoms. The molecule has 1 saturated carbocycles. The van der Waals surface area contributed by atoms with E-state index >= 15 is 0 Å². The summed E-state index contributed by atoms with van der Waals surface area (Å²) < 4.78 is 0.918. The molecule has 1 amide bonds. The molecule has 0 saturated heterocycles. The van der Waals surface area contributed by atoms with Crippen molar-refractivity contribution in [1.82, 2.24) is 0 Å². The Hall–Kier alpha value is -0.330. The number of carbonyl (C=O) groups is 1. The Balaban J connectivity index is 2.12. The second-order valence-electron chi connectivity index (χ2n) is 4.09. The standard InChI is InChI=1S/C11H12ClIN2O/c12-7-2-3-9(8(13)6-7)15-10(16)11(14)4-1-5-11/h2-3,6H,1,4-5,14H2,(H,15,16). The number of hydrogen-bond donors (Lipinski definition) is 2. The summed E-state index contributed by atoms with van der Waals surface area (Å²) in [5.74, 6) is -0.0982. The van der Waals surface area contributed by atoms with E-state index in [0.29, 0.717) is 5.02 Å². The zero-order chi connectivity index (χ0) is 11.8. The number of amides is 1. The molecule has 1 aliphatic carbocycles. The summed E-state index contributed by atoms with van der Waals surface area (Å²) in [4.78, 5) is 11.9. The highest BCUT2D eigenvalue weighted by Crippen LogP contribution is 2.31. The van der Waals surface area contributed by atoms with E-state index in [1.807, 2.05) is 6.07 Å². The van der Waals surface area contributed by atoms with Crippen molar-refractivity contribution in [1.29, 1.82) is 0 Å². The fraction of sp³-hybridized carbons (Fsp3) is 0.364. The van der Waals surface area contributed by atoms with Gasteiger partial charge in [0, 0.05) is 8.59 Å². The van der Waals surface area contributed by atoms with Gasteiger partial charge in [0.1, 0.15) is 0 Å². The first-order valence-corrected chi connectivity index (χ1v) is 6.52. The Morgan fingerprint density at radius 2 is 2.19 bits per heavy atom. The van der Waals surface area contributed by atoms with Crippen LogP contribution in [0.1, 0.15) is 19.3 Å². The maximum absolute atomic E-state index is 11.9. The van der Waals surface area contributed by atoms with Gasteiger partial charge in [0.25, 0.3) is 0 Å². The molecule has 3 nitrogen and oxygen atoms in total. The van der Waals surface area contributed by atoms with Crippen molar-refractivity contribution in [3.05, 3.63) is 26.8 Å². The van der Waals surface area contributed by atoms with Gasteiger partial charge in [0.05, 0.1) is 11.2 Å². The highest BCUT2D eigenvalue weighted by molar-refractivity contribution is 14.1. The summed E-state index contributed by atoms with van der Waals surface area (Å²) in [5.41, 5.74) is 6.04. The van der Waals surface area contributed by atoms with Gasteiger partial charge in [-0.25, -0.2) is 0 Å². The van der Waals surface area contributed by atoms with E-state index in [2.05, 4.69) is 27.9 Å². The molecule has 2 rings (SSSR count). The van der Waals surface area contributed by atoms with Crippen molar-refractivity contribution in [3.63, 3.8) is 0 Å². The van der Waals surface area contributed by atoms with Crippen molar-refractivity contribution in [2.75, 3.05) is 5.32 Å². The maximum atomic E-state index is 11.9. The van der Waals surface area contributed by atoms with Gasteiger partial charge in [-0.15, -0.1) is 0 Å². The average Bonchev–Trinajstić information content (AvgIpc) is 2.18. The van der Waals surface area contributed by atoms with Crippen LogP contribution < -0.4 is 11.1 Å². The Morgan fingerprint density at radius 1 is 1.50 bits per heavy atom. The van der Waals surface area contributed by atoms with E-state index in [1.165, 1.54) is 0 Å². The number of halogens is 2. The average molecular weight is 351 g/mol. The minimum Gasteiger partial charge on any atom is -0.324 e. The summed E-state index contributed by atoms with van der Waals surface area (Å²) in [6, 6.07) is 5.36. The Labute approximate surface area is 113 Å². The highest BCUT2D eigenvalue weighted by atomic mass is 127. The number of nitrogens with two attached hydrogens (primary N) is 1. The molecule has 0 atom stereocenters. The van der Waals surface area contributed by atoms with Crippen LogP contribution in [0.5, 0.6) is 0 Å². The van der Waals surface area contributed by atoms with Crippen molar-refractivity contribution in [2.24, 2.45) is 5.73 Å². The van der Waals surface area contributed by atoms with Crippen LogP contribution in [0.15, 0.2) is 18.2 Å². The number of rotatable bonds is 2. The quantitative estimate of drug-likeness (QED) is 0.806. The monoisotopic (exact) mass is 350 g/mol. The fourth-order valence-corrected chi connectivity index (χ4v) is 2.63. The minimum atomic E-state index is -0.664. The van der Waals surface area contributed by atoms with Crippen LogP contribution in [0.3, 0.4) is 0 Å². The summed E-state index contributed by atoms with van der Waals surface area (Å²) >= 11 is 7.98. The van der Waals surface area contributed by atoms with E-state index in [1.54, 1.807) is 12.1 Å². The fourth-order valence-electron chi connectivity index (χ4n) is 1.62.